The normalized spacial score (nSPS) is 21.9. The Morgan fingerprint density at radius 2 is 1.82 bits per heavy atom. The standard InChI is InChI=1S/C18H35NO7S.Na/c1-3-4-5-6-7-8-9-11-18(2)25-15-16(26-18)14-24-17(20)19-12-10-13-27(21,22)23;/h16H,3-15H2,1-2H3,(H,19,20)(H,21,22,23);/q;+1/p-1. The van der Waals surface area contributed by atoms with Gasteiger partial charge in [-0.25, -0.2) is 13.2 Å². The van der Waals surface area contributed by atoms with Gasteiger partial charge in [0.2, 0.25) is 0 Å². The zero-order valence-electron chi connectivity index (χ0n) is 17.5. The first-order valence-electron chi connectivity index (χ1n) is 9.90. The van der Waals surface area contributed by atoms with Crippen molar-refractivity contribution in [1.82, 2.24) is 5.32 Å². The van der Waals surface area contributed by atoms with Crippen molar-refractivity contribution < 1.29 is 61.5 Å². The molecule has 0 spiro atoms. The van der Waals surface area contributed by atoms with E-state index in [4.69, 9.17) is 14.2 Å². The molecule has 1 N–H and O–H groups in total. The number of amides is 1. The summed E-state index contributed by atoms with van der Waals surface area (Å²) in [7, 11) is -4.26. The molecule has 1 heterocycles. The number of nitrogens with one attached hydrogen (secondary N) is 1. The first-order chi connectivity index (χ1) is 12.7. The summed E-state index contributed by atoms with van der Waals surface area (Å²) in [5.74, 6) is -1.14. The molecule has 0 saturated carbocycles. The predicted octanol–water partition coefficient (Wildman–Crippen LogP) is -0.0758. The first-order valence-corrected chi connectivity index (χ1v) is 11.5. The number of carbonyl (C=O) groups is 1. The van der Waals surface area contributed by atoms with E-state index < -0.39 is 27.8 Å². The fourth-order valence-electron chi connectivity index (χ4n) is 2.97. The van der Waals surface area contributed by atoms with Crippen molar-refractivity contribution in [3.05, 3.63) is 0 Å². The van der Waals surface area contributed by atoms with Crippen molar-refractivity contribution >= 4 is 16.2 Å². The fraction of sp³-hybridized carbons (Fsp3) is 0.944. The summed E-state index contributed by atoms with van der Waals surface area (Å²) in [5.41, 5.74) is 0. The molecule has 10 heteroatoms. The predicted molar refractivity (Wildman–Crippen MR) is 100 cm³/mol. The molecule has 2 unspecified atom stereocenters. The Balaban J connectivity index is 0.00000729. The third kappa shape index (κ3) is 14.1. The summed E-state index contributed by atoms with van der Waals surface area (Å²) in [6, 6.07) is 0. The maximum absolute atomic E-state index is 11.5. The van der Waals surface area contributed by atoms with Crippen molar-refractivity contribution in [3.8, 4) is 0 Å². The molecule has 28 heavy (non-hydrogen) atoms. The Morgan fingerprint density at radius 1 is 1.18 bits per heavy atom. The molecular formula is C18H34NNaO7S. The molecule has 1 aliphatic heterocycles. The average Bonchev–Trinajstić information content (AvgIpc) is 2.97. The molecule has 1 saturated heterocycles. The van der Waals surface area contributed by atoms with Crippen LogP contribution >= 0.6 is 0 Å². The first kappa shape index (κ1) is 28.1. The summed E-state index contributed by atoms with van der Waals surface area (Å²) in [4.78, 5) is 11.5. The van der Waals surface area contributed by atoms with E-state index in [2.05, 4.69) is 12.2 Å². The molecule has 0 aromatic rings. The van der Waals surface area contributed by atoms with Gasteiger partial charge in [0.25, 0.3) is 0 Å². The SMILES string of the molecule is CCCCCCCCCC1(C)OCC(COC(=O)NCCCS(=O)(=O)[O-])O1.[Na+]. The van der Waals surface area contributed by atoms with E-state index in [0.29, 0.717) is 6.61 Å². The van der Waals surface area contributed by atoms with Crippen molar-refractivity contribution in [3.63, 3.8) is 0 Å². The van der Waals surface area contributed by atoms with Gasteiger partial charge in [-0.1, -0.05) is 45.4 Å². The second-order valence-electron chi connectivity index (χ2n) is 7.20. The number of ether oxygens (including phenoxy) is 3. The van der Waals surface area contributed by atoms with Crippen LogP contribution in [0, 0.1) is 0 Å². The quantitative estimate of drug-likeness (QED) is 0.233. The van der Waals surface area contributed by atoms with Gasteiger partial charge in [-0.05, 0) is 19.8 Å². The monoisotopic (exact) mass is 431 g/mol. The molecule has 0 radical (unpaired) electrons. The van der Waals surface area contributed by atoms with Gasteiger partial charge >= 0.3 is 35.7 Å². The van der Waals surface area contributed by atoms with Gasteiger partial charge < -0.3 is 24.1 Å². The van der Waals surface area contributed by atoms with E-state index >= 15 is 0 Å². The minimum atomic E-state index is -4.26. The molecule has 1 fully saturated rings. The van der Waals surface area contributed by atoms with Gasteiger partial charge in [0.1, 0.15) is 12.7 Å². The largest absolute Gasteiger partial charge is 1.00 e. The maximum Gasteiger partial charge on any atom is 1.00 e. The Labute approximate surface area is 191 Å². The number of alkyl carbamates (subject to hydrolysis) is 1. The molecule has 160 valence electrons. The Bertz CT molecular complexity index is 532. The van der Waals surface area contributed by atoms with Crippen LogP contribution in [0.3, 0.4) is 0 Å². The third-order valence-corrected chi connectivity index (χ3v) is 5.25. The molecule has 1 rings (SSSR count). The number of hydrogen-bond donors (Lipinski definition) is 1. The zero-order chi connectivity index (χ0) is 20.2. The molecule has 0 aromatic heterocycles. The van der Waals surface area contributed by atoms with Crippen LogP contribution in [0.15, 0.2) is 0 Å². The second-order valence-corrected chi connectivity index (χ2v) is 8.72. The van der Waals surface area contributed by atoms with Crippen molar-refractivity contribution in [2.45, 2.75) is 83.5 Å². The van der Waals surface area contributed by atoms with Gasteiger partial charge in [0.05, 0.1) is 16.7 Å². The van der Waals surface area contributed by atoms with Crippen LogP contribution in [0.25, 0.3) is 0 Å². The van der Waals surface area contributed by atoms with Gasteiger partial charge in [0.15, 0.2) is 5.79 Å². The van der Waals surface area contributed by atoms with Gasteiger partial charge in [-0.2, -0.15) is 0 Å². The van der Waals surface area contributed by atoms with Crippen LogP contribution in [-0.4, -0.2) is 56.5 Å². The van der Waals surface area contributed by atoms with Crippen molar-refractivity contribution in [2.75, 3.05) is 25.5 Å². The maximum atomic E-state index is 11.5. The van der Waals surface area contributed by atoms with E-state index in [-0.39, 0.29) is 55.2 Å². The second kappa shape index (κ2) is 15.0. The fourth-order valence-corrected chi connectivity index (χ4v) is 3.46. The van der Waals surface area contributed by atoms with E-state index in [9.17, 15) is 17.8 Å². The number of rotatable bonds is 14. The van der Waals surface area contributed by atoms with Crippen LogP contribution in [0.5, 0.6) is 0 Å². The number of carbonyl (C=O) groups excluding carboxylic acids is 1. The van der Waals surface area contributed by atoms with Crippen LogP contribution in [-0.2, 0) is 24.3 Å². The van der Waals surface area contributed by atoms with Crippen LogP contribution in [0.2, 0.25) is 0 Å². The number of hydrogen-bond acceptors (Lipinski definition) is 7. The van der Waals surface area contributed by atoms with E-state index in [1.54, 1.807) is 0 Å². The van der Waals surface area contributed by atoms with Gasteiger partial charge in [0, 0.05) is 18.7 Å². The van der Waals surface area contributed by atoms with Crippen molar-refractivity contribution in [2.24, 2.45) is 0 Å². The molecule has 1 aliphatic rings. The van der Waals surface area contributed by atoms with Gasteiger partial charge in [-0.15, -0.1) is 0 Å². The molecule has 0 aromatic carbocycles. The summed E-state index contributed by atoms with van der Waals surface area (Å²) in [5, 5.41) is 2.40. The Hall–Kier alpha value is 0.1000. The van der Waals surface area contributed by atoms with Crippen LogP contribution < -0.4 is 34.9 Å². The molecular weight excluding hydrogens is 397 g/mol. The smallest absolute Gasteiger partial charge is 0.748 e. The summed E-state index contributed by atoms with van der Waals surface area (Å²) >= 11 is 0. The Kier molecular flexibility index (Phi) is 15.0. The molecule has 0 aliphatic carbocycles. The minimum absolute atomic E-state index is 0. The molecule has 0 bridgehead atoms. The molecule has 1 amide bonds. The summed E-state index contributed by atoms with van der Waals surface area (Å²) < 4.78 is 48.0. The number of unbranched alkanes of at least 4 members (excludes halogenated alkanes) is 6. The van der Waals surface area contributed by atoms with Crippen LogP contribution in [0.4, 0.5) is 4.79 Å². The Morgan fingerprint density at radius 3 is 2.46 bits per heavy atom. The summed E-state index contributed by atoms with van der Waals surface area (Å²) in [6.45, 7) is 4.62. The zero-order valence-corrected chi connectivity index (χ0v) is 20.4. The van der Waals surface area contributed by atoms with Gasteiger partial charge in [-0.3, -0.25) is 0 Å². The van der Waals surface area contributed by atoms with E-state index in [1.165, 1.54) is 32.1 Å². The molecule has 2 atom stereocenters. The van der Waals surface area contributed by atoms with Crippen LogP contribution in [0.1, 0.15) is 71.6 Å². The average molecular weight is 432 g/mol. The molecule has 8 nitrogen and oxygen atoms in total. The van der Waals surface area contributed by atoms with Crippen molar-refractivity contribution in [1.29, 1.82) is 0 Å². The minimum Gasteiger partial charge on any atom is -0.748 e. The third-order valence-electron chi connectivity index (χ3n) is 4.47. The summed E-state index contributed by atoms with van der Waals surface area (Å²) in [6.07, 6.45) is 8.46. The van der Waals surface area contributed by atoms with E-state index in [1.807, 2.05) is 6.92 Å². The van der Waals surface area contributed by atoms with E-state index in [0.717, 1.165) is 19.3 Å². The topological polar surface area (TPSA) is 114 Å².